The van der Waals surface area contributed by atoms with E-state index in [-0.39, 0.29) is 6.10 Å². The van der Waals surface area contributed by atoms with Crippen molar-refractivity contribution < 1.29 is 9.84 Å². The molecule has 1 fully saturated rings. The van der Waals surface area contributed by atoms with E-state index in [2.05, 4.69) is 23.1 Å². The first-order valence-corrected chi connectivity index (χ1v) is 7.42. The summed E-state index contributed by atoms with van der Waals surface area (Å²) in [6.45, 7) is 3.95. The maximum absolute atomic E-state index is 9.54. The predicted octanol–water partition coefficient (Wildman–Crippen LogP) is 2.94. The van der Waals surface area contributed by atoms with Gasteiger partial charge < -0.3 is 9.84 Å². The lowest BCUT2D eigenvalue weighted by atomic mass is 10.1. The van der Waals surface area contributed by atoms with Gasteiger partial charge in [-0.25, -0.2) is 0 Å². The number of ether oxygens (including phenoxy) is 1. The van der Waals surface area contributed by atoms with Crippen molar-refractivity contribution in [3.63, 3.8) is 0 Å². The maximum atomic E-state index is 9.54. The van der Waals surface area contributed by atoms with Crippen molar-refractivity contribution in [3.05, 3.63) is 35.9 Å². The molecule has 0 bridgehead atoms. The summed E-state index contributed by atoms with van der Waals surface area (Å²) in [5.74, 6) is 0.908. The second kappa shape index (κ2) is 7.46. The topological polar surface area (TPSA) is 32.7 Å². The van der Waals surface area contributed by atoms with Crippen molar-refractivity contribution in [1.82, 2.24) is 4.90 Å². The van der Waals surface area contributed by atoms with Gasteiger partial charge in [-0.05, 0) is 38.8 Å². The van der Waals surface area contributed by atoms with Gasteiger partial charge in [0.1, 0.15) is 5.75 Å². The molecule has 20 heavy (non-hydrogen) atoms. The van der Waals surface area contributed by atoms with Crippen molar-refractivity contribution in [2.75, 3.05) is 20.2 Å². The number of methoxy groups -OCH3 is 1. The average molecular weight is 275 g/mol. The van der Waals surface area contributed by atoms with E-state index in [9.17, 15) is 5.11 Å². The number of benzene rings is 1. The molecule has 1 N–H and O–H groups in total. The first-order valence-electron chi connectivity index (χ1n) is 7.42. The van der Waals surface area contributed by atoms with Crippen LogP contribution in [-0.4, -0.2) is 42.4 Å². The van der Waals surface area contributed by atoms with E-state index >= 15 is 0 Å². The molecule has 2 unspecified atom stereocenters. The largest absolute Gasteiger partial charge is 0.496 e. The Morgan fingerprint density at radius 3 is 3.00 bits per heavy atom. The number of hydrogen-bond donors (Lipinski definition) is 1. The second-order valence-electron chi connectivity index (χ2n) is 5.52. The molecule has 1 aliphatic rings. The van der Waals surface area contributed by atoms with Crippen LogP contribution in [-0.2, 0) is 0 Å². The van der Waals surface area contributed by atoms with Gasteiger partial charge in [-0.15, -0.1) is 0 Å². The number of aliphatic hydroxyl groups is 1. The van der Waals surface area contributed by atoms with Gasteiger partial charge in [-0.1, -0.05) is 30.4 Å². The van der Waals surface area contributed by atoms with Crippen LogP contribution in [0.25, 0.3) is 6.08 Å². The number of rotatable bonds is 6. The van der Waals surface area contributed by atoms with Crippen molar-refractivity contribution in [3.8, 4) is 5.75 Å². The number of nitrogens with zero attached hydrogens (tertiary/aromatic N) is 1. The fourth-order valence-corrected chi connectivity index (χ4v) is 2.92. The highest BCUT2D eigenvalue weighted by Gasteiger charge is 2.24. The molecule has 0 spiro atoms. The summed E-state index contributed by atoms with van der Waals surface area (Å²) < 4.78 is 5.34. The molecule has 0 radical (unpaired) electrons. The van der Waals surface area contributed by atoms with Gasteiger partial charge in [-0.3, -0.25) is 4.90 Å². The standard InChI is InChI=1S/C17H25NO2/c1-14(19)13-16-9-6-12-18(16)11-5-8-15-7-3-4-10-17(15)20-2/h3-5,7-8,10,14,16,19H,6,9,11-13H2,1-2H3/b8-5+. The molecule has 1 heterocycles. The Morgan fingerprint density at radius 2 is 2.25 bits per heavy atom. The highest BCUT2D eigenvalue weighted by Crippen LogP contribution is 2.22. The number of hydrogen-bond acceptors (Lipinski definition) is 3. The minimum atomic E-state index is -0.209. The fraction of sp³-hybridized carbons (Fsp3) is 0.529. The molecule has 2 atom stereocenters. The van der Waals surface area contributed by atoms with Crippen LogP contribution in [0.15, 0.2) is 30.3 Å². The van der Waals surface area contributed by atoms with Crippen molar-refractivity contribution in [2.45, 2.75) is 38.3 Å². The molecule has 0 saturated carbocycles. The van der Waals surface area contributed by atoms with Crippen LogP contribution in [0.4, 0.5) is 0 Å². The highest BCUT2D eigenvalue weighted by molar-refractivity contribution is 5.57. The summed E-state index contributed by atoms with van der Waals surface area (Å²) >= 11 is 0. The average Bonchev–Trinajstić information content (AvgIpc) is 2.86. The van der Waals surface area contributed by atoms with E-state index in [0.717, 1.165) is 30.8 Å². The van der Waals surface area contributed by atoms with Gasteiger partial charge in [0, 0.05) is 18.2 Å². The zero-order valence-electron chi connectivity index (χ0n) is 12.5. The molecule has 1 aliphatic heterocycles. The Balaban J connectivity index is 1.92. The molecule has 1 saturated heterocycles. The summed E-state index contributed by atoms with van der Waals surface area (Å²) in [5, 5.41) is 9.54. The van der Waals surface area contributed by atoms with Crippen molar-refractivity contribution in [2.24, 2.45) is 0 Å². The summed E-state index contributed by atoms with van der Waals surface area (Å²) in [6, 6.07) is 8.57. The Morgan fingerprint density at radius 1 is 1.45 bits per heavy atom. The predicted molar refractivity (Wildman–Crippen MR) is 82.9 cm³/mol. The third-order valence-corrected chi connectivity index (χ3v) is 3.89. The van der Waals surface area contributed by atoms with Crippen LogP contribution in [0, 0.1) is 0 Å². The molecular formula is C17H25NO2. The molecule has 0 aromatic heterocycles. The lowest BCUT2D eigenvalue weighted by molar-refractivity contribution is 0.139. The smallest absolute Gasteiger partial charge is 0.126 e. The quantitative estimate of drug-likeness (QED) is 0.866. The maximum Gasteiger partial charge on any atom is 0.126 e. The SMILES string of the molecule is COc1ccccc1/C=C/CN1CCCC1CC(C)O. The van der Waals surface area contributed by atoms with E-state index in [1.165, 1.54) is 12.8 Å². The zero-order valence-corrected chi connectivity index (χ0v) is 12.5. The van der Waals surface area contributed by atoms with Crippen LogP contribution >= 0.6 is 0 Å². The number of para-hydroxylation sites is 1. The van der Waals surface area contributed by atoms with Gasteiger partial charge in [0.2, 0.25) is 0 Å². The lowest BCUT2D eigenvalue weighted by Crippen LogP contribution is -2.31. The monoisotopic (exact) mass is 275 g/mol. The minimum Gasteiger partial charge on any atom is -0.496 e. The Bertz CT molecular complexity index is 442. The molecule has 1 aromatic rings. The lowest BCUT2D eigenvalue weighted by Gasteiger charge is -2.24. The number of likely N-dealkylation sites (tertiary alicyclic amines) is 1. The van der Waals surface area contributed by atoms with E-state index in [1.54, 1.807) is 7.11 Å². The molecule has 110 valence electrons. The summed E-state index contributed by atoms with van der Waals surface area (Å²) in [5.41, 5.74) is 1.11. The van der Waals surface area contributed by atoms with Crippen LogP contribution in [0.5, 0.6) is 5.75 Å². The molecular weight excluding hydrogens is 250 g/mol. The van der Waals surface area contributed by atoms with Gasteiger partial charge in [0.25, 0.3) is 0 Å². The molecule has 3 heteroatoms. The Labute approximate surface area is 121 Å². The van der Waals surface area contributed by atoms with E-state index in [4.69, 9.17) is 4.74 Å². The van der Waals surface area contributed by atoms with Crippen molar-refractivity contribution >= 4 is 6.08 Å². The summed E-state index contributed by atoms with van der Waals surface area (Å²) in [7, 11) is 1.70. The molecule has 3 nitrogen and oxygen atoms in total. The summed E-state index contributed by atoms with van der Waals surface area (Å²) in [6.07, 6.45) is 7.42. The van der Waals surface area contributed by atoms with Crippen LogP contribution in [0.2, 0.25) is 0 Å². The van der Waals surface area contributed by atoms with Gasteiger partial charge in [0.05, 0.1) is 13.2 Å². The number of aliphatic hydroxyl groups excluding tert-OH is 1. The normalized spacial score (nSPS) is 21.4. The van der Waals surface area contributed by atoms with E-state index in [1.807, 2.05) is 25.1 Å². The molecule has 1 aromatic carbocycles. The Hall–Kier alpha value is -1.32. The minimum absolute atomic E-state index is 0.209. The van der Waals surface area contributed by atoms with E-state index in [0.29, 0.717) is 6.04 Å². The first kappa shape index (κ1) is 15.1. The van der Waals surface area contributed by atoms with Crippen molar-refractivity contribution in [1.29, 1.82) is 0 Å². The van der Waals surface area contributed by atoms with Gasteiger partial charge >= 0.3 is 0 Å². The Kier molecular flexibility index (Phi) is 5.62. The summed E-state index contributed by atoms with van der Waals surface area (Å²) in [4.78, 5) is 2.46. The van der Waals surface area contributed by atoms with Gasteiger partial charge in [0.15, 0.2) is 0 Å². The second-order valence-corrected chi connectivity index (χ2v) is 5.52. The third kappa shape index (κ3) is 4.09. The zero-order chi connectivity index (χ0) is 14.4. The van der Waals surface area contributed by atoms with Crippen LogP contribution < -0.4 is 4.74 Å². The molecule has 0 aliphatic carbocycles. The van der Waals surface area contributed by atoms with Crippen LogP contribution in [0.3, 0.4) is 0 Å². The first-order chi connectivity index (χ1) is 9.70. The fourth-order valence-electron chi connectivity index (χ4n) is 2.92. The highest BCUT2D eigenvalue weighted by atomic mass is 16.5. The van der Waals surface area contributed by atoms with E-state index < -0.39 is 0 Å². The molecule has 2 rings (SSSR count). The molecule has 0 amide bonds. The van der Waals surface area contributed by atoms with Crippen LogP contribution in [0.1, 0.15) is 31.7 Å². The third-order valence-electron chi connectivity index (χ3n) is 3.89. The van der Waals surface area contributed by atoms with Gasteiger partial charge in [-0.2, -0.15) is 0 Å².